The molecule has 2 heterocycles. The number of hydrogen-bond donors (Lipinski definition) is 1. The average molecular weight is 524 g/mol. The maximum Gasteiger partial charge on any atom is 0.326 e. The summed E-state index contributed by atoms with van der Waals surface area (Å²) in [6.07, 6.45) is 7.53. The van der Waals surface area contributed by atoms with Gasteiger partial charge in [0.2, 0.25) is 0 Å². The molecule has 6 heteroatoms. The molecule has 5 aromatic rings. The molecule has 3 aromatic carbocycles. The smallest absolute Gasteiger partial charge is 0.326 e. The van der Waals surface area contributed by atoms with Crippen LogP contribution in [0.3, 0.4) is 0 Å². The Hall–Kier alpha value is -4.16. The molecule has 0 bridgehead atoms. The quantitative estimate of drug-likeness (QED) is 0.221. The van der Waals surface area contributed by atoms with Gasteiger partial charge in [-0.1, -0.05) is 86.1 Å². The molecule has 0 aliphatic rings. The molecule has 38 heavy (non-hydrogen) atoms. The zero-order valence-electron chi connectivity index (χ0n) is 21.1. The lowest BCUT2D eigenvalue weighted by Gasteiger charge is -2.14. The Labute approximate surface area is 222 Å². The molecule has 0 aliphatic carbocycles. The van der Waals surface area contributed by atoms with E-state index in [0.717, 1.165) is 36.0 Å². The van der Waals surface area contributed by atoms with Gasteiger partial charge in [-0.25, -0.2) is 8.42 Å². The molecule has 0 amide bonds. The number of benzene rings is 3. The van der Waals surface area contributed by atoms with Gasteiger partial charge >= 0.3 is 5.97 Å². The van der Waals surface area contributed by atoms with Gasteiger partial charge in [-0.3, -0.25) is 4.79 Å². The Morgan fingerprint density at radius 1 is 0.816 bits per heavy atom. The van der Waals surface area contributed by atoms with Crippen LogP contribution >= 0.6 is 0 Å². The van der Waals surface area contributed by atoms with Crippen LogP contribution in [0, 0.1) is 0 Å². The molecule has 0 fully saturated rings. The number of carbonyl (C=O) groups is 1. The number of sulfone groups is 1. The predicted octanol–water partition coefficient (Wildman–Crippen LogP) is 7.22. The van der Waals surface area contributed by atoms with Gasteiger partial charge in [-0.2, -0.15) is 0 Å². The van der Waals surface area contributed by atoms with Gasteiger partial charge in [0.1, 0.15) is 0 Å². The van der Waals surface area contributed by atoms with E-state index in [1.165, 1.54) is 40.9 Å². The predicted molar refractivity (Wildman–Crippen MR) is 151 cm³/mol. The van der Waals surface area contributed by atoms with Gasteiger partial charge < -0.3 is 9.51 Å². The van der Waals surface area contributed by atoms with Gasteiger partial charge in [-0.15, -0.1) is 0 Å². The SMILES string of the molecule is CCCCc1c(-c2ccc(-c3ccc(S(=O)(=O)C(C(=O)O)c4ccccc4)cc3)cc2)cn2ccccc12. The molecule has 0 saturated heterocycles. The van der Waals surface area contributed by atoms with Crippen molar-refractivity contribution in [3.63, 3.8) is 0 Å². The Balaban J connectivity index is 1.43. The minimum atomic E-state index is -4.12. The normalized spacial score (nSPS) is 12.4. The number of hydrogen-bond acceptors (Lipinski definition) is 3. The second kappa shape index (κ2) is 10.7. The number of rotatable bonds is 9. The van der Waals surface area contributed by atoms with Gasteiger partial charge in [-0.05, 0) is 64.9 Å². The van der Waals surface area contributed by atoms with Gasteiger partial charge in [0, 0.05) is 23.5 Å². The molecular weight excluding hydrogens is 494 g/mol. The summed E-state index contributed by atoms with van der Waals surface area (Å²) < 4.78 is 28.6. The fraction of sp³-hybridized carbons (Fsp3) is 0.156. The van der Waals surface area contributed by atoms with E-state index in [4.69, 9.17) is 0 Å². The lowest BCUT2D eigenvalue weighted by atomic mass is 9.97. The Kier molecular flexibility index (Phi) is 7.16. The summed E-state index contributed by atoms with van der Waals surface area (Å²) in [4.78, 5) is 11.9. The maximum absolute atomic E-state index is 13.2. The van der Waals surface area contributed by atoms with E-state index in [1.807, 2.05) is 18.2 Å². The van der Waals surface area contributed by atoms with Crippen molar-refractivity contribution < 1.29 is 18.3 Å². The number of aliphatic carboxylic acids is 1. The summed E-state index contributed by atoms with van der Waals surface area (Å²) in [7, 11) is -4.12. The maximum atomic E-state index is 13.2. The fourth-order valence-corrected chi connectivity index (χ4v) is 6.51. The van der Waals surface area contributed by atoms with E-state index >= 15 is 0 Å². The molecule has 0 spiro atoms. The zero-order valence-corrected chi connectivity index (χ0v) is 21.9. The van der Waals surface area contributed by atoms with Crippen LogP contribution in [0.1, 0.15) is 36.1 Å². The minimum absolute atomic E-state index is 0.0183. The molecule has 5 rings (SSSR count). The Bertz CT molecular complexity index is 1670. The van der Waals surface area contributed by atoms with E-state index in [9.17, 15) is 18.3 Å². The third kappa shape index (κ3) is 4.87. The van der Waals surface area contributed by atoms with Crippen molar-refractivity contribution in [3.8, 4) is 22.3 Å². The molecule has 0 radical (unpaired) electrons. The molecule has 1 unspecified atom stereocenters. The molecule has 1 atom stereocenters. The summed E-state index contributed by atoms with van der Waals surface area (Å²) in [6.45, 7) is 2.20. The number of fused-ring (bicyclic) bond motifs is 1. The molecule has 2 aromatic heterocycles. The highest BCUT2D eigenvalue weighted by atomic mass is 32.2. The summed E-state index contributed by atoms with van der Waals surface area (Å²) in [5.41, 5.74) is 6.97. The number of aromatic nitrogens is 1. The molecule has 0 saturated carbocycles. The first-order chi connectivity index (χ1) is 18.4. The Morgan fingerprint density at radius 3 is 2.05 bits per heavy atom. The number of carboxylic acid groups (broad SMARTS) is 1. The van der Waals surface area contributed by atoms with Gasteiger partial charge in [0.05, 0.1) is 4.90 Å². The molecule has 0 aliphatic heterocycles. The van der Waals surface area contributed by atoms with Crippen molar-refractivity contribution in [2.45, 2.75) is 36.3 Å². The highest BCUT2D eigenvalue weighted by Gasteiger charge is 2.35. The zero-order chi connectivity index (χ0) is 26.7. The van der Waals surface area contributed by atoms with Gasteiger partial charge in [0.15, 0.2) is 15.1 Å². The van der Waals surface area contributed by atoms with E-state index in [0.29, 0.717) is 0 Å². The first-order valence-corrected chi connectivity index (χ1v) is 14.3. The summed E-state index contributed by atoms with van der Waals surface area (Å²) in [5, 5.41) is 8.05. The van der Waals surface area contributed by atoms with E-state index < -0.39 is 21.1 Å². The lowest BCUT2D eigenvalue weighted by molar-refractivity contribution is -0.136. The fourth-order valence-electron chi connectivity index (χ4n) is 4.94. The first-order valence-electron chi connectivity index (χ1n) is 12.7. The second-order valence-corrected chi connectivity index (χ2v) is 11.4. The van der Waals surface area contributed by atoms with Crippen LogP contribution in [-0.2, 0) is 21.1 Å². The van der Waals surface area contributed by atoms with Crippen molar-refractivity contribution in [2.75, 3.05) is 0 Å². The monoisotopic (exact) mass is 523 g/mol. The van der Waals surface area contributed by atoms with Crippen LogP contribution < -0.4 is 0 Å². The number of unbranched alkanes of at least 4 members (excludes halogenated alkanes) is 1. The van der Waals surface area contributed by atoms with Crippen LogP contribution in [-0.4, -0.2) is 23.9 Å². The van der Waals surface area contributed by atoms with Crippen LogP contribution in [0.25, 0.3) is 27.8 Å². The van der Waals surface area contributed by atoms with Crippen molar-refractivity contribution in [3.05, 3.63) is 121 Å². The van der Waals surface area contributed by atoms with Crippen molar-refractivity contribution >= 4 is 21.3 Å². The molecule has 192 valence electrons. The average Bonchev–Trinajstić information content (AvgIpc) is 3.31. The van der Waals surface area contributed by atoms with Crippen LogP contribution in [0.15, 0.2) is 114 Å². The molecule has 1 N–H and O–H groups in total. The number of aryl methyl sites for hydroxylation is 1. The van der Waals surface area contributed by atoms with Crippen molar-refractivity contribution in [2.24, 2.45) is 0 Å². The van der Waals surface area contributed by atoms with E-state index in [2.05, 4.69) is 48.0 Å². The first kappa shape index (κ1) is 25.5. The third-order valence-corrected chi connectivity index (χ3v) is 8.95. The van der Waals surface area contributed by atoms with Crippen LogP contribution in [0.5, 0.6) is 0 Å². The van der Waals surface area contributed by atoms with E-state index in [-0.39, 0.29) is 10.5 Å². The van der Waals surface area contributed by atoms with Gasteiger partial charge in [0.25, 0.3) is 0 Å². The minimum Gasteiger partial charge on any atom is -0.480 e. The standard InChI is InChI=1S/C32H29NO4S/c1-2-3-11-28-29(22-33-21-8-7-12-30(28)33)25-15-13-23(14-16-25)24-17-19-27(20-18-24)38(36,37)31(32(34)35)26-9-5-4-6-10-26/h4-10,12-22,31H,2-3,11H2,1H3,(H,34,35). The van der Waals surface area contributed by atoms with Crippen molar-refractivity contribution in [1.29, 1.82) is 0 Å². The lowest BCUT2D eigenvalue weighted by Crippen LogP contribution is -2.22. The number of pyridine rings is 1. The topological polar surface area (TPSA) is 75.8 Å². The van der Waals surface area contributed by atoms with Crippen LogP contribution in [0.2, 0.25) is 0 Å². The summed E-state index contributed by atoms with van der Waals surface area (Å²) in [6, 6.07) is 29.0. The van der Waals surface area contributed by atoms with Crippen LogP contribution in [0.4, 0.5) is 0 Å². The number of carboxylic acids is 1. The summed E-state index contributed by atoms with van der Waals surface area (Å²) in [5.74, 6) is -1.40. The number of nitrogens with zero attached hydrogens (tertiary/aromatic N) is 1. The summed E-state index contributed by atoms with van der Waals surface area (Å²) >= 11 is 0. The molecular formula is C32H29NO4S. The third-order valence-electron chi connectivity index (χ3n) is 6.92. The van der Waals surface area contributed by atoms with E-state index in [1.54, 1.807) is 30.3 Å². The Morgan fingerprint density at radius 2 is 1.42 bits per heavy atom. The second-order valence-electron chi connectivity index (χ2n) is 9.39. The highest BCUT2D eigenvalue weighted by molar-refractivity contribution is 7.92. The molecule has 5 nitrogen and oxygen atoms in total. The highest BCUT2D eigenvalue weighted by Crippen LogP contribution is 2.33. The van der Waals surface area contributed by atoms with Crippen molar-refractivity contribution in [1.82, 2.24) is 4.40 Å². The largest absolute Gasteiger partial charge is 0.480 e.